The molecule has 2 aliphatic rings. The van der Waals surface area contributed by atoms with Crippen molar-refractivity contribution in [3.63, 3.8) is 0 Å². The Hall–Kier alpha value is -1.92. The van der Waals surface area contributed by atoms with Crippen LogP contribution in [0.1, 0.15) is 52.9 Å². The predicted molar refractivity (Wildman–Crippen MR) is 102 cm³/mol. The molecule has 0 saturated heterocycles. The summed E-state index contributed by atoms with van der Waals surface area (Å²) in [6, 6.07) is 0. The summed E-state index contributed by atoms with van der Waals surface area (Å²) in [5.74, 6) is -1.86. The van der Waals surface area contributed by atoms with Gasteiger partial charge in [-0.15, -0.1) is 0 Å². The van der Waals surface area contributed by atoms with E-state index in [-0.39, 0.29) is 23.6 Å². The largest absolute Gasteiger partial charge is 0.442 e. The van der Waals surface area contributed by atoms with Gasteiger partial charge in [0.05, 0.1) is 5.03 Å². The van der Waals surface area contributed by atoms with Crippen LogP contribution >= 0.6 is 11.6 Å². The van der Waals surface area contributed by atoms with Crippen LogP contribution in [-0.2, 0) is 19.1 Å². The molecule has 1 heterocycles. The van der Waals surface area contributed by atoms with E-state index in [0.29, 0.717) is 31.4 Å². The highest BCUT2D eigenvalue weighted by Gasteiger charge is 2.52. The average Bonchev–Trinajstić information content (AvgIpc) is 2.64. The highest BCUT2D eigenvalue weighted by molar-refractivity contribution is 6.49. The van der Waals surface area contributed by atoms with Gasteiger partial charge in [-0.05, 0) is 38.7 Å². The van der Waals surface area contributed by atoms with Crippen LogP contribution < -0.4 is 0 Å². The first-order valence-corrected chi connectivity index (χ1v) is 9.69. The third-order valence-electron chi connectivity index (χ3n) is 4.63. The van der Waals surface area contributed by atoms with Gasteiger partial charge in [-0.25, -0.2) is 0 Å². The zero-order valence-corrected chi connectivity index (χ0v) is 16.8. The van der Waals surface area contributed by atoms with Crippen LogP contribution in [0.2, 0.25) is 0 Å². The smallest absolute Gasteiger partial charge is 0.307 e. The molecule has 6 nitrogen and oxygen atoms in total. The number of hydrogen-bond donors (Lipinski definition) is 1. The minimum Gasteiger partial charge on any atom is -0.442 e. The predicted octanol–water partition coefficient (Wildman–Crippen LogP) is 3.00. The van der Waals surface area contributed by atoms with Crippen molar-refractivity contribution >= 4 is 29.1 Å². The van der Waals surface area contributed by atoms with Gasteiger partial charge >= 0.3 is 5.97 Å². The minimum atomic E-state index is -1.94. The number of aliphatic hydroxyl groups is 1. The number of ether oxygens (including phenoxy) is 1. The maximum absolute atomic E-state index is 13.1. The second kappa shape index (κ2) is 8.85. The summed E-state index contributed by atoms with van der Waals surface area (Å²) in [5.41, 5.74) is -0.425. The van der Waals surface area contributed by atoms with Crippen LogP contribution in [0.3, 0.4) is 0 Å². The van der Waals surface area contributed by atoms with Gasteiger partial charge in [0.2, 0.25) is 17.2 Å². The Kier molecular flexibility index (Phi) is 7.00. The molecule has 0 fully saturated rings. The molecule has 1 N–H and O–H groups in total. The highest BCUT2D eigenvalue weighted by atomic mass is 35.5. The second-order valence-electron chi connectivity index (χ2n) is 6.84. The lowest BCUT2D eigenvalue weighted by Gasteiger charge is -2.36. The summed E-state index contributed by atoms with van der Waals surface area (Å²) in [5, 5.41) is 9.02. The van der Waals surface area contributed by atoms with E-state index in [2.05, 4.69) is 0 Å². The molecule has 27 heavy (non-hydrogen) atoms. The van der Waals surface area contributed by atoms with Crippen molar-refractivity contribution in [1.82, 2.24) is 4.90 Å². The normalized spacial score (nSPS) is 22.5. The van der Waals surface area contributed by atoms with Gasteiger partial charge in [0, 0.05) is 42.6 Å². The number of rotatable bonds is 8. The summed E-state index contributed by atoms with van der Waals surface area (Å²) in [6.07, 6.45) is 6.09. The molecule has 0 aromatic heterocycles. The SMILES string of the molecule is CCCC(=O)OC1(C)C(=O)C2=CN(CCC)C(CCCO)=CC2=C(Cl)C1=O. The van der Waals surface area contributed by atoms with E-state index in [1.165, 1.54) is 6.92 Å². The van der Waals surface area contributed by atoms with Crippen molar-refractivity contribution < 1.29 is 24.2 Å². The molecule has 0 bridgehead atoms. The van der Waals surface area contributed by atoms with Gasteiger partial charge in [0.15, 0.2) is 0 Å². The Bertz CT molecular complexity index is 737. The van der Waals surface area contributed by atoms with Gasteiger partial charge in [-0.2, -0.15) is 0 Å². The zero-order chi connectivity index (χ0) is 20.2. The fourth-order valence-corrected chi connectivity index (χ4v) is 3.53. The van der Waals surface area contributed by atoms with E-state index in [1.54, 1.807) is 12.3 Å². The first kappa shape index (κ1) is 21.4. The molecule has 7 heteroatoms. The Morgan fingerprint density at radius 1 is 1.26 bits per heavy atom. The summed E-state index contributed by atoms with van der Waals surface area (Å²) in [6.45, 7) is 5.86. The summed E-state index contributed by atoms with van der Waals surface area (Å²) in [4.78, 5) is 39.8. The van der Waals surface area contributed by atoms with E-state index < -0.39 is 23.1 Å². The average molecular weight is 396 g/mol. The van der Waals surface area contributed by atoms with Crippen molar-refractivity contribution in [2.45, 2.75) is 58.5 Å². The van der Waals surface area contributed by atoms with Crippen molar-refractivity contribution in [3.05, 3.63) is 34.2 Å². The highest BCUT2D eigenvalue weighted by Crippen LogP contribution is 2.40. The molecule has 0 saturated carbocycles. The number of ketones is 2. The van der Waals surface area contributed by atoms with Crippen LogP contribution in [-0.4, -0.2) is 46.3 Å². The van der Waals surface area contributed by atoms with Crippen molar-refractivity contribution in [3.8, 4) is 0 Å². The zero-order valence-electron chi connectivity index (χ0n) is 16.0. The molecule has 2 rings (SSSR count). The van der Waals surface area contributed by atoms with Crippen LogP contribution in [0.25, 0.3) is 0 Å². The molecular weight excluding hydrogens is 370 g/mol. The van der Waals surface area contributed by atoms with Gasteiger partial charge in [0.1, 0.15) is 0 Å². The molecule has 1 atom stereocenters. The number of nitrogens with zero attached hydrogens (tertiary/aromatic N) is 1. The lowest BCUT2D eigenvalue weighted by molar-refractivity contribution is -0.169. The first-order chi connectivity index (χ1) is 12.8. The van der Waals surface area contributed by atoms with Gasteiger partial charge in [0.25, 0.3) is 0 Å². The number of allylic oxidation sites excluding steroid dienone is 3. The summed E-state index contributed by atoms with van der Waals surface area (Å²) in [7, 11) is 0. The Balaban J connectivity index is 2.48. The molecule has 1 aliphatic heterocycles. The molecule has 0 amide bonds. The Morgan fingerprint density at radius 3 is 2.56 bits per heavy atom. The van der Waals surface area contributed by atoms with Crippen LogP contribution in [0, 0.1) is 0 Å². The maximum Gasteiger partial charge on any atom is 0.307 e. The topological polar surface area (TPSA) is 83.9 Å². The fourth-order valence-electron chi connectivity index (χ4n) is 3.19. The van der Waals surface area contributed by atoms with E-state index in [9.17, 15) is 14.4 Å². The molecule has 1 unspecified atom stereocenters. The van der Waals surface area contributed by atoms with E-state index in [1.807, 2.05) is 18.7 Å². The third-order valence-corrected chi connectivity index (χ3v) is 5.00. The minimum absolute atomic E-state index is 0.0456. The summed E-state index contributed by atoms with van der Waals surface area (Å²) >= 11 is 6.31. The number of Topliss-reactive ketones (excluding diaryl/α,β-unsaturated/α-hetero) is 2. The molecule has 148 valence electrons. The molecule has 0 aromatic carbocycles. The lowest BCUT2D eigenvalue weighted by atomic mass is 9.79. The second-order valence-corrected chi connectivity index (χ2v) is 7.22. The maximum atomic E-state index is 13.1. The molecular formula is C20H26ClNO5. The number of halogens is 1. The quantitative estimate of drug-likeness (QED) is 0.502. The lowest BCUT2D eigenvalue weighted by Crippen LogP contribution is -2.52. The van der Waals surface area contributed by atoms with Crippen LogP contribution in [0.15, 0.2) is 34.2 Å². The van der Waals surface area contributed by atoms with Gasteiger partial charge in [-0.3, -0.25) is 14.4 Å². The molecule has 0 aromatic rings. The van der Waals surface area contributed by atoms with E-state index >= 15 is 0 Å². The number of esters is 1. The third kappa shape index (κ3) is 4.17. The van der Waals surface area contributed by atoms with Crippen molar-refractivity contribution in [2.24, 2.45) is 0 Å². The van der Waals surface area contributed by atoms with Crippen LogP contribution in [0.5, 0.6) is 0 Å². The Morgan fingerprint density at radius 2 is 1.96 bits per heavy atom. The van der Waals surface area contributed by atoms with Gasteiger partial charge < -0.3 is 14.7 Å². The fraction of sp³-hybridized carbons (Fsp3) is 0.550. The summed E-state index contributed by atoms with van der Waals surface area (Å²) < 4.78 is 5.28. The Labute approximate surface area is 164 Å². The number of aliphatic hydroxyl groups excluding tert-OH is 1. The first-order valence-electron chi connectivity index (χ1n) is 9.31. The molecule has 1 aliphatic carbocycles. The molecule has 0 radical (unpaired) electrons. The van der Waals surface area contributed by atoms with E-state index in [4.69, 9.17) is 21.4 Å². The monoisotopic (exact) mass is 395 g/mol. The van der Waals surface area contributed by atoms with Crippen LogP contribution in [0.4, 0.5) is 0 Å². The van der Waals surface area contributed by atoms with Crippen molar-refractivity contribution in [1.29, 1.82) is 0 Å². The number of hydrogen-bond acceptors (Lipinski definition) is 6. The molecule has 0 spiro atoms. The number of fused-ring (bicyclic) bond motifs is 1. The van der Waals surface area contributed by atoms with Crippen molar-refractivity contribution in [2.75, 3.05) is 13.2 Å². The number of carbonyl (C=O) groups is 3. The van der Waals surface area contributed by atoms with Gasteiger partial charge in [-0.1, -0.05) is 25.4 Å². The number of carbonyl (C=O) groups excluding carboxylic acids is 3. The standard InChI is InChI=1S/C20H26ClNO5/c1-4-7-16(24)27-20(3)18(25)15-12-22(9-5-2)13(8-6-10-23)11-14(15)17(21)19(20)26/h11-12,23H,4-10H2,1-3H3. The van der Waals surface area contributed by atoms with E-state index in [0.717, 1.165) is 12.1 Å².